The monoisotopic (exact) mass is 473 g/mol. The molecule has 0 saturated carbocycles. The van der Waals surface area contributed by atoms with E-state index in [-0.39, 0.29) is 28.3 Å². The number of allylic oxidation sites excluding steroid dienone is 3. The van der Waals surface area contributed by atoms with Gasteiger partial charge in [0.2, 0.25) is 0 Å². The normalized spacial score (nSPS) is 16.8. The van der Waals surface area contributed by atoms with Gasteiger partial charge in [0.25, 0.3) is 5.70 Å². The first kappa shape index (κ1) is 24.8. The zero-order valence-corrected chi connectivity index (χ0v) is 18.9. The van der Waals surface area contributed by atoms with Gasteiger partial charge < -0.3 is 14.8 Å². The predicted octanol–water partition coefficient (Wildman–Crippen LogP) is 4.44. The number of dihydropyridines is 1. The highest BCUT2D eigenvalue weighted by atomic mass is 19.3. The molecule has 0 radical (unpaired) electrons. The van der Waals surface area contributed by atoms with Gasteiger partial charge in [-0.2, -0.15) is 8.78 Å². The lowest BCUT2D eigenvalue weighted by Crippen LogP contribution is -2.36. The number of rotatable bonds is 9. The fourth-order valence-electron chi connectivity index (χ4n) is 3.84. The van der Waals surface area contributed by atoms with E-state index in [1.165, 1.54) is 31.2 Å². The fourth-order valence-corrected chi connectivity index (χ4v) is 3.84. The Morgan fingerprint density at radius 1 is 1.12 bits per heavy atom. The lowest BCUT2D eigenvalue weighted by Gasteiger charge is -2.28. The van der Waals surface area contributed by atoms with Crippen LogP contribution >= 0.6 is 0 Å². The molecule has 3 rings (SSSR count). The molecule has 2 N–H and O–H groups in total. The number of benzene rings is 2. The number of nitro groups is 1. The van der Waals surface area contributed by atoms with Crippen molar-refractivity contribution in [1.29, 1.82) is 0 Å². The summed E-state index contributed by atoms with van der Waals surface area (Å²) in [6, 6.07) is 15.2. The van der Waals surface area contributed by atoms with E-state index in [1.54, 1.807) is 13.8 Å². The molecule has 8 nitrogen and oxygen atoms in total. The summed E-state index contributed by atoms with van der Waals surface area (Å²) < 4.78 is 36.2. The van der Waals surface area contributed by atoms with Gasteiger partial charge in [-0.25, -0.2) is 4.79 Å². The van der Waals surface area contributed by atoms with Crippen LogP contribution in [0.15, 0.2) is 77.3 Å². The molecule has 0 aromatic heterocycles. The van der Waals surface area contributed by atoms with E-state index in [0.29, 0.717) is 12.2 Å². The number of carbonyl (C=O) groups excluding carboxylic acids is 1. The summed E-state index contributed by atoms with van der Waals surface area (Å²) in [7, 11) is 0. The van der Waals surface area contributed by atoms with Gasteiger partial charge in [-0.3, -0.25) is 15.4 Å². The molecule has 0 spiro atoms. The number of ether oxygens (including phenoxy) is 2. The summed E-state index contributed by atoms with van der Waals surface area (Å²) in [5.41, 5.74) is 1.13. The zero-order valence-electron chi connectivity index (χ0n) is 18.9. The molecule has 1 aliphatic heterocycles. The first-order valence-corrected chi connectivity index (χ1v) is 10.5. The molecular weight excluding hydrogens is 448 g/mol. The van der Waals surface area contributed by atoms with Gasteiger partial charge in [0.1, 0.15) is 11.7 Å². The first-order chi connectivity index (χ1) is 16.2. The second-order valence-corrected chi connectivity index (χ2v) is 7.69. The van der Waals surface area contributed by atoms with Gasteiger partial charge in [-0.1, -0.05) is 48.5 Å². The van der Waals surface area contributed by atoms with Crippen molar-refractivity contribution < 1.29 is 28.0 Å². The topological polar surface area (TPSA) is 103 Å². The maximum Gasteiger partial charge on any atom is 0.387 e. The van der Waals surface area contributed by atoms with Crippen molar-refractivity contribution in [2.24, 2.45) is 0 Å². The molecule has 0 fully saturated rings. The van der Waals surface area contributed by atoms with Crippen molar-refractivity contribution in [3.05, 3.63) is 98.5 Å². The number of nitrogens with one attached hydrogen (secondary N) is 2. The summed E-state index contributed by atoms with van der Waals surface area (Å²) in [5.74, 6) is -2.35. The molecule has 2 atom stereocenters. The summed E-state index contributed by atoms with van der Waals surface area (Å²) >= 11 is 0. The highest BCUT2D eigenvalue weighted by molar-refractivity contribution is 5.92. The smallest absolute Gasteiger partial charge is 0.387 e. The van der Waals surface area contributed by atoms with Crippen LogP contribution in [-0.2, 0) is 16.1 Å². The van der Waals surface area contributed by atoms with E-state index in [0.717, 1.165) is 5.56 Å². The van der Waals surface area contributed by atoms with Crippen molar-refractivity contribution in [1.82, 2.24) is 10.6 Å². The van der Waals surface area contributed by atoms with Gasteiger partial charge in [-0.05, 0) is 32.4 Å². The largest absolute Gasteiger partial charge is 0.443 e. The standard InChI is InChI=1S/C24H25F2N3O5/c1-14-20(23(30)33-16(3)27-13-17-9-5-4-6-10-17)21(22(29(31)32)15(2)28-14)18-11-7-8-12-19(18)34-24(25)26/h4-12,16,21,24,27-28H,13H2,1-3H3. The number of esters is 1. The fraction of sp³-hybridized carbons (Fsp3) is 0.292. The molecular formula is C24H25F2N3O5. The van der Waals surface area contributed by atoms with Crippen LogP contribution in [0, 0.1) is 10.1 Å². The van der Waals surface area contributed by atoms with Crippen LogP contribution in [0.5, 0.6) is 5.75 Å². The third kappa shape index (κ3) is 5.76. The highest BCUT2D eigenvalue weighted by Gasteiger charge is 2.42. The molecule has 0 amide bonds. The number of halogens is 2. The number of para-hydroxylation sites is 1. The van der Waals surface area contributed by atoms with Crippen molar-refractivity contribution in [3.8, 4) is 5.75 Å². The number of hydrogen-bond donors (Lipinski definition) is 2. The lowest BCUT2D eigenvalue weighted by atomic mass is 9.83. The van der Waals surface area contributed by atoms with Crippen molar-refractivity contribution in [2.75, 3.05) is 0 Å². The van der Waals surface area contributed by atoms with Crippen LogP contribution < -0.4 is 15.4 Å². The molecule has 2 aromatic rings. The molecule has 34 heavy (non-hydrogen) atoms. The number of nitrogens with zero attached hydrogens (tertiary/aromatic N) is 1. The van der Waals surface area contributed by atoms with Crippen molar-refractivity contribution in [3.63, 3.8) is 0 Å². The average molecular weight is 473 g/mol. The number of carbonyl (C=O) groups is 1. The Kier molecular flexibility index (Phi) is 7.95. The Morgan fingerprint density at radius 3 is 2.41 bits per heavy atom. The molecule has 0 bridgehead atoms. The Morgan fingerprint density at radius 2 is 1.76 bits per heavy atom. The van der Waals surface area contributed by atoms with Gasteiger partial charge in [0, 0.05) is 17.8 Å². The Bertz CT molecular complexity index is 1120. The molecule has 180 valence electrons. The van der Waals surface area contributed by atoms with Crippen LogP contribution in [0.1, 0.15) is 37.8 Å². The van der Waals surface area contributed by atoms with Gasteiger partial charge in [0.05, 0.1) is 16.2 Å². The van der Waals surface area contributed by atoms with Crippen LogP contribution in [0.25, 0.3) is 0 Å². The van der Waals surface area contributed by atoms with E-state index >= 15 is 0 Å². The van der Waals surface area contributed by atoms with E-state index in [1.807, 2.05) is 30.3 Å². The van der Waals surface area contributed by atoms with E-state index in [4.69, 9.17) is 4.74 Å². The van der Waals surface area contributed by atoms with Crippen LogP contribution in [0.3, 0.4) is 0 Å². The van der Waals surface area contributed by atoms with Crippen LogP contribution in [0.4, 0.5) is 8.78 Å². The first-order valence-electron chi connectivity index (χ1n) is 10.5. The molecule has 1 aliphatic rings. The van der Waals surface area contributed by atoms with E-state index in [2.05, 4.69) is 15.4 Å². The van der Waals surface area contributed by atoms with Crippen molar-refractivity contribution in [2.45, 2.75) is 46.1 Å². The van der Waals surface area contributed by atoms with Crippen molar-refractivity contribution >= 4 is 5.97 Å². The summed E-state index contributed by atoms with van der Waals surface area (Å²) in [5, 5.41) is 17.9. The van der Waals surface area contributed by atoms with Gasteiger partial charge in [-0.15, -0.1) is 0 Å². The Hall–Kier alpha value is -3.79. The summed E-state index contributed by atoms with van der Waals surface area (Å²) in [4.78, 5) is 24.6. The highest BCUT2D eigenvalue weighted by Crippen LogP contribution is 2.42. The van der Waals surface area contributed by atoms with Gasteiger partial charge >= 0.3 is 12.6 Å². The van der Waals surface area contributed by atoms with Gasteiger partial charge in [0.15, 0.2) is 6.23 Å². The maximum absolute atomic E-state index is 13.2. The maximum atomic E-state index is 13.2. The molecule has 10 heteroatoms. The van der Waals surface area contributed by atoms with Crippen LogP contribution in [-0.4, -0.2) is 23.7 Å². The Balaban J connectivity index is 1.93. The van der Waals surface area contributed by atoms with E-state index < -0.39 is 29.6 Å². The number of alkyl halides is 2. The quantitative estimate of drug-likeness (QED) is 0.240. The molecule has 0 aliphatic carbocycles. The SMILES string of the molecule is CC1=C(C(=O)OC(C)NCc2ccccc2)C(c2ccccc2OC(F)F)C([N+](=O)[O-])=C(C)N1. The molecule has 2 aromatic carbocycles. The zero-order chi connectivity index (χ0) is 24.8. The summed E-state index contributed by atoms with van der Waals surface area (Å²) in [6.45, 7) is 1.97. The summed E-state index contributed by atoms with van der Waals surface area (Å²) in [6.07, 6.45) is -0.729. The average Bonchev–Trinajstić information content (AvgIpc) is 2.77. The van der Waals surface area contributed by atoms with E-state index in [9.17, 15) is 23.7 Å². The second-order valence-electron chi connectivity index (χ2n) is 7.69. The minimum atomic E-state index is -3.14. The molecule has 2 unspecified atom stereocenters. The predicted molar refractivity (Wildman–Crippen MR) is 120 cm³/mol. The molecule has 1 heterocycles. The minimum Gasteiger partial charge on any atom is -0.443 e. The molecule has 0 saturated heterocycles. The third-order valence-corrected chi connectivity index (χ3v) is 5.31. The minimum absolute atomic E-state index is 0.0593. The third-order valence-electron chi connectivity index (χ3n) is 5.31. The lowest BCUT2D eigenvalue weighted by molar-refractivity contribution is -0.431. The van der Waals surface area contributed by atoms with Crippen LogP contribution in [0.2, 0.25) is 0 Å². The second kappa shape index (κ2) is 10.9. The number of hydrogen-bond acceptors (Lipinski definition) is 7. The Labute approximate surface area is 195 Å².